The fourth-order valence-electron chi connectivity index (χ4n) is 2.10. The van der Waals surface area contributed by atoms with Crippen LogP contribution in [-0.4, -0.2) is 44.4 Å². The molecule has 1 aromatic rings. The second-order valence-corrected chi connectivity index (χ2v) is 4.63. The van der Waals surface area contributed by atoms with Crippen LogP contribution in [0, 0.1) is 0 Å². The van der Waals surface area contributed by atoms with Gasteiger partial charge in [-0.25, -0.2) is 0 Å². The highest BCUT2D eigenvalue weighted by Crippen LogP contribution is 2.22. The zero-order chi connectivity index (χ0) is 12.8. The summed E-state index contributed by atoms with van der Waals surface area (Å²) in [6.45, 7) is 7.27. The molecule has 0 spiro atoms. The number of hydrogen-bond acceptors (Lipinski definition) is 4. The van der Waals surface area contributed by atoms with Crippen LogP contribution < -0.4 is 10.5 Å². The maximum atomic E-state index is 5.92. The van der Waals surface area contributed by atoms with Crippen molar-refractivity contribution in [1.29, 1.82) is 0 Å². The van der Waals surface area contributed by atoms with Crippen molar-refractivity contribution >= 4 is 0 Å². The zero-order valence-electron chi connectivity index (χ0n) is 11.0. The van der Waals surface area contributed by atoms with Crippen molar-refractivity contribution in [2.24, 2.45) is 5.73 Å². The Morgan fingerprint density at radius 3 is 2.78 bits per heavy atom. The van der Waals surface area contributed by atoms with Gasteiger partial charge in [-0.15, -0.1) is 0 Å². The first-order valence-corrected chi connectivity index (χ1v) is 6.55. The number of rotatable bonds is 5. The number of nitrogens with zero attached hydrogens (tertiary/aromatic N) is 1. The largest absolute Gasteiger partial charge is 0.492 e. The van der Waals surface area contributed by atoms with Gasteiger partial charge in [-0.3, -0.25) is 4.90 Å². The molecule has 2 N–H and O–H groups in total. The van der Waals surface area contributed by atoms with E-state index in [1.807, 2.05) is 31.2 Å². The summed E-state index contributed by atoms with van der Waals surface area (Å²) in [6.07, 6.45) is 0. The van der Waals surface area contributed by atoms with E-state index in [2.05, 4.69) is 4.90 Å². The van der Waals surface area contributed by atoms with Crippen molar-refractivity contribution in [2.45, 2.75) is 13.0 Å². The summed E-state index contributed by atoms with van der Waals surface area (Å²) in [4.78, 5) is 2.36. The zero-order valence-corrected chi connectivity index (χ0v) is 11.0. The second-order valence-electron chi connectivity index (χ2n) is 4.63. The molecule has 0 amide bonds. The van der Waals surface area contributed by atoms with Crippen LogP contribution in [0.15, 0.2) is 24.3 Å². The molecular weight excluding hydrogens is 228 g/mol. The predicted molar refractivity (Wildman–Crippen MR) is 71.8 cm³/mol. The van der Waals surface area contributed by atoms with Gasteiger partial charge in [0.25, 0.3) is 0 Å². The van der Waals surface area contributed by atoms with Crippen LogP contribution in [0.5, 0.6) is 5.75 Å². The number of ether oxygens (including phenoxy) is 2. The van der Waals surface area contributed by atoms with Crippen molar-refractivity contribution < 1.29 is 9.47 Å². The lowest BCUT2D eigenvalue weighted by atomic mass is 10.1. The number of benzene rings is 1. The fraction of sp³-hybridized carbons (Fsp3) is 0.571. The molecule has 0 aliphatic carbocycles. The Kier molecular flexibility index (Phi) is 4.99. The first-order chi connectivity index (χ1) is 8.77. The van der Waals surface area contributed by atoms with E-state index in [0.717, 1.165) is 44.2 Å². The third-order valence-electron chi connectivity index (χ3n) is 3.18. The number of para-hydroxylation sites is 1. The predicted octanol–water partition coefficient (Wildman–Crippen LogP) is 1.42. The highest BCUT2D eigenvalue weighted by atomic mass is 16.5. The Labute approximate surface area is 109 Å². The van der Waals surface area contributed by atoms with Crippen molar-refractivity contribution in [2.75, 3.05) is 39.5 Å². The molecule has 1 heterocycles. The van der Waals surface area contributed by atoms with Crippen molar-refractivity contribution in [1.82, 2.24) is 4.90 Å². The van der Waals surface area contributed by atoms with Crippen LogP contribution in [0.2, 0.25) is 0 Å². The van der Waals surface area contributed by atoms with Gasteiger partial charge in [0.1, 0.15) is 12.4 Å². The van der Waals surface area contributed by atoms with E-state index in [1.165, 1.54) is 0 Å². The summed E-state index contributed by atoms with van der Waals surface area (Å²) in [7, 11) is 0. The maximum absolute atomic E-state index is 5.92. The molecule has 1 atom stereocenters. The topological polar surface area (TPSA) is 47.7 Å². The lowest BCUT2D eigenvalue weighted by molar-refractivity contribution is 0.0322. The second kappa shape index (κ2) is 6.73. The Morgan fingerprint density at radius 1 is 1.33 bits per heavy atom. The Morgan fingerprint density at radius 2 is 2.06 bits per heavy atom. The van der Waals surface area contributed by atoms with E-state index in [1.54, 1.807) is 0 Å². The Hall–Kier alpha value is -1.10. The van der Waals surface area contributed by atoms with Gasteiger partial charge in [0.05, 0.1) is 13.2 Å². The molecule has 0 bridgehead atoms. The molecule has 1 fully saturated rings. The van der Waals surface area contributed by atoms with Crippen LogP contribution in [0.25, 0.3) is 0 Å². The van der Waals surface area contributed by atoms with E-state index in [4.69, 9.17) is 15.2 Å². The molecule has 18 heavy (non-hydrogen) atoms. The molecule has 2 rings (SSSR count). The van der Waals surface area contributed by atoms with Crippen LogP contribution in [-0.2, 0) is 4.74 Å². The molecule has 4 heteroatoms. The molecule has 0 radical (unpaired) electrons. The molecule has 4 nitrogen and oxygen atoms in total. The summed E-state index contributed by atoms with van der Waals surface area (Å²) in [5.41, 5.74) is 6.99. The normalized spacial score (nSPS) is 18.6. The highest BCUT2D eigenvalue weighted by Gasteiger charge is 2.11. The summed E-state index contributed by atoms with van der Waals surface area (Å²) in [5.74, 6) is 0.903. The van der Waals surface area contributed by atoms with Crippen molar-refractivity contribution in [3.05, 3.63) is 29.8 Å². The van der Waals surface area contributed by atoms with Gasteiger partial charge in [0, 0.05) is 31.2 Å². The standard InChI is InChI=1S/C14H22N2O2/c1-12(15)13-4-2-3-5-14(13)18-11-8-16-6-9-17-10-7-16/h2-5,12H,6-11,15H2,1H3/t12-/m0/s1. The van der Waals surface area contributed by atoms with Crippen molar-refractivity contribution in [3.8, 4) is 5.75 Å². The summed E-state index contributed by atoms with van der Waals surface area (Å²) >= 11 is 0. The van der Waals surface area contributed by atoms with E-state index >= 15 is 0 Å². The van der Waals surface area contributed by atoms with Gasteiger partial charge in [0.15, 0.2) is 0 Å². The lowest BCUT2D eigenvalue weighted by Gasteiger charge is -2.26. The van der Waals surface area contributed by atoms with E-state index in [9.17, 15) is 0 Å². The fourth-order valence-corrected chi connectivity index (χ4v) is 2.10. The number of nitrogens with two attached hydrogens (primary N) is 1. The minimum Gasteiger partial charge on any atom is -0.492 e. The average molecular weight is 250 g/mol. The molecule has 100 valence electrons. The highest BCUT2D eigenvalue weighted by molar-refractivity contribution is 5.35. The molecule has 0 saturated carbocycles. The van der Waals surface area contributed by atoms with Gasteiger partial charge in [-0.2, -0.15) is 0 Å². The quantitative estimate of drug-likeness (QED) is 0.858. The monoisotopic (exact) mass is 250 g/mol. The van der Waals surface area contributed by atoms with E-state index in [-0.39, 0.29) is 6.04 Å². The molecular formula is C14H22N2O2. The lowest BCUT2D eigenvalue weighted by Crippen LogP contribution is -2.38. The van der Waals surface area contributed by atoms with E-state index in [0.29, 0.717) is 6.61 Å². The molecule has 0 aromatic heterocycles. The summed E-state index contributed by atoms with van der Waals surface area (Å²) in [5, 5.41) is 0. The van der Waals surface area contributed by atoms with Gasteiger partial charge in [0.2, 0.25) is 0 Å². The van der Waals surface area contributed by atoms with Gasteiger partial charge in [-0.05, 0) is 13.0 Å². The maximum Gasteiger partial charge on any atom is 0.124 e. The van der Waals surface area contributed by atoms with Crippen LogP contribution >= 0.6 is 0 Å². The SMILES string of the molecule is C[C@H](N)c1ccccc1OCCN1CCOCC1. The first-order valence-electron chi connectivity index (χ1n) is 6.55. The van der Waals surface area contributed by atoms with Crippen LogP contribution in [0.4, 0.5) is 0 Å². The third kappa shape index (κ3) is 3.70. The minimum atomic E-state index is 0.00425. The molecule has 0 unspecified atom stereocenters. The van der Waals surface area contributed by atoms with Crippen LogP contribution in [0.1, 0.15) is 18.5 Å². The Balaban J connectivity index is 1.82. The molecule has 1 aromatic carbocycles. The van der Waals surface area contributed by atoms with Gasteiger partial charge in [-0.1, -0.05) is 18.2 Å². The van der Waals surface area contributed by atoms with Crippen LogP contribution in [0.3, 0.4) is 0 Å². The summed E-state index contributed by atoms with van der Waals surface area (Å²) in [6, 6.07) is 7.99. The minimum absolute atomic E-state index is 0.00425. The van der Waals surface area contributed by atoms with Gasteiger partial charge >= 0.3 is 0 Å². The van der Waals surface area contributed by atoms with E-state index < -0.39 is 0 Å². The molecule has 1 aliphatic heterocycles. The first kappa shape index (κ1) is 13.3. The number of morpholine rings is 1. The summed E-state index contributed by atoms with van der Waals surface area (Å²) < 4.78 is 11.2. The number of hydrogen-bond donors (Lipinski definition) is 1. The molecule has 1 saturated heterocycles. The van der Waals surface area contributed by atoms with Crippen molar-refractivity contribution in [3.63, 3.8) is 0 Å². The Bertz CT molecular complexity index is 363. The molecule has 1 aliphatic rings. The smallest absolute Gasteiger partial charge is 0.124 e. The average Bonchev–Trinajstić information content (AvgIpc) is 2.40. The van der Waals surface area contributed by atoms with Gasteiger partial charge < -0.3 is 15.2 Å². The third-order valence-corrected chi connectivity index (χ3v) is 3.18.